The monoisotopic (exact) mass is 447 g/mol. The fourth-order valence-corrected chi connectivity index (χ4v) is 4.74. The summed E-state index contributed by atoms with van der Waals surface area (Å²) in [6, 6.07) is 4.67. The molecule has 0 saturated carbocycles. The quantitative estimate of drug-likeness (QED) is 0.721. The normalized spacial score (nSPS) is 16.4. The standard InChI is InChI=1S/C18H20F3N3O3S2/c1-23(29(2,26)27)14-6-8-24(9-7-14)17(25)15-11-28-16(22-15)12-4-3-5-13(10-12)18(19,20)21/h3-5,10-11,14H,6-9H2,1-2H3. The van der Waals surface area contributed by atoms with E-state index in [0.29, 0.717) is 36.5 Å². The van der Waals surface area contributed by atoms with Crippen LogP contribution in [0.15, 0.2) is 29.6 Å². The number of alkyl halides is 3. The lowest BCUT2D eigenvalue weighted by Crippen LogP contribution is -2.47. The molecule has 158 valence electrons. The van der Waals surface area contributed by atoms with Crippen LogP contribution in [0.5, 0.6) is 0 Å². The van der Waals surface area contributed by atoms with Gasteiger partial charge in [-0.15, -0.1) is 11.3 Å². The molecule has 0 atom stereocenters. The van der Waals surface area contributed by atoms with Crippen molar-refractivity contribution in [2.45, 2.75) is 25.1 Å². The van der Waals surface area contributed by atoms with Crippen LogP contribution < -0.4 is 0 Å². The average molecular weight is 448 g/mol. The van der Waals surface area contributed by atoms with E-state index in [2.05, 4.69) is 4.98 Å². The SMILES string of the molecule is CN(C1CCN(C(=O)c2csc(-c3cccc(C(F)(F)F)c3)n2)CC1)S(C)(=O)=O. The molecule has 0 N–H and O–H groups in total. The third-order valence-corrected chi connectivity index (χ3v) is 7.18. The van der Waals surface area contributed by atoms with E-state index in [9.17, 15) is 26.4 Å². The maximum atomic E-state index is 12.9. The Kier molecular flexibility index (Phi) is 6.02. The predicted molar refractivity (Wildman–Crippen MR) is 104 cm³/mol. The Labute approximate surface area is 171 Å². The van der Waals surface area contributed by atoms with Crippen LogP contribution in [0.2, 0.25) is 0 Å². The number of piperidine rings is 1. The van der Waals surface area contributed by atoms with Gasteiger partial charge < -0.3 is 4.90 Å². The number of benzene rings is 1. The molecule has 2 heterocycles. The molecule has 1 saturated heterocycles. The van der Waals surface area contributed by atoms with Gasteiger partial charge in [-0.2, -0.15) is 13.2 Å². The third-order valence-electron chi connectivity index (χ3n) is 4.95. The minimum absolute atomic E-state index is 0.162. The van der Waals surface area contributed by atoms with Crippen molar-refractivity contribution in [2.24, 2.45) is 0 Å². The number of carbonyl (C=O) groups is 1. The van der Waals surface area contributed by atoms with Crippen molar-refractivity contribution in [3.8, 4) is 10.6 Å². The third kappa shape index (κ3) is 4.96. The lowest BCUT2D eigenvalue weighted by Gasteiger charge is -2.35. The summed E-state index contributed by atoms with van der Waals surface area (Å²) in [5, 5.41) is 1.87. The van der Waals surface area contributed by atoms with Crippen molar-refractivity contribution >= 4 is 27.3 Å². The van der Waals surface area contributed by atoms with E-state index in [4.69, 9.17) is 0 Å². The molecule has 0 bridgehead atoms. The molecule has 1 fully saturated rings. The highest BCUT2D eigenvalue weighted by atomic mass is 32.2. The summed E-state index contributed by atoms with van der Waals surface area (Å²) >= 11 is 1.11. The topological polar surface area (TPSA) is 70.6 Å². The molecule has 1 aromatic carbocycles. The van der Waals surface area contributed by atoms with E-state index in [-0.39, 0.29) is 17.6 Å². The highest BCUT2D eigenvalue weighted by molar-refractivity contribution is 7.88. The summed E-state index contributed by atoms with van der Waals surface area (Å²) in [6.45, 7) is 0.777. The molecule has 1 aliphatic heterocycles. The molecular formula is C18H20F3N3O3S2. The second-order valence-electron chi connectivity index (χ2n) is 6.92. The van der Waals surface area contributed by atoms with Gasteiger partial charge in [0.15, 0.2) is 0 Å². The largest absolute Gasteiger partial charge is 0.416 e. The van der Waals surface area contributed by atoms with Crippen LogP contribution in [0.25, 0.3) is 10.6 Å². The number of aromatic nitrogens is 1. The van der Waals surface area contributed by atoms with Gasteiger partial charge in [-0.3, -0.25) is 4.79 Å². The van der Waals surface area contributed by atoms with Crippen molar-refractivity contribution in [1.82, 2.24) is 14.2 Å². The fraction of sp³-hybridized carbons (Fsp3) is 0.444. The Bertz CT molecular complexity index is 997. The van der Waals surface area contributed by atoms with Crippen LogP contribution in [0.3, 0.4) is 0 Å². The molecule has 2 aromatic rings. The number of rotatable bonds is 4. The molecule has 0 spiro atoms. The summed E-state index contributed by atoms with van der Waals surface area (Å²) in [4.78, 5) is 18.5. The molecule has 1 amide bonds. The van der Waals surface area contributed by atoms with Gasteiger partial charge >= 0.3 is 6.18 Å². The van der Waals surface area contributed by atoms with Crippen molar-refractivity contribution in [2.75, 3.05) is 26.4 Å². The van der Waals surface area contributed by atoms with Gasteiger partial charge in [0.1, 0.15) is 10.7 Å². The van der Waals surface area contributed by atoms with Gasteiger partial charge in [0, 0.05) is 37.1 Å². The molecule has 29 heavy (non-hydrogen) atoms. The summed E-state index contributed by atoms with van der Waals surface area (Å²) in [6.07, 6.45) is -2.27. The van der Waals surface area contributed by atoms with E-state index in [0.717, 1.165) is 29.7 Å². The maximum Gasteiger partial charge on any atom is 0.416 e. The molecule has 6 nitrogen and oxygen atoms in total. The smallest absolute Gasteiger partial charge is 0.337 e. The lowest BCUT2D eigenvalue weighted by molar-refractivity contribution is -0.137. The minimum atomic E-state index is -4.45. The van der Waals surface area contributed by atoms with E-state index < -0.39 is 21.8 Å². The maximum absolute atomic E-state index is 12.9. The van der Waals surface area contributed by atoms with E-state index in [1.807, 2.05) is 0 Å². The Morgan fingerprint density at radius 2 is 1.93 bits per heavy atom. The van der Waals surface area contributed by atoms with E-state index in [1.54, 1.807) is 4.90 Å². The number of hydrogen-bond acceptors (Lipinski definition) is 5. The van der Waals surface area contributed by atoms with Gasteiger partial charge in [-0.05, 0) is 25.0 Å². The van der Waals surface area contributed by atoms with Gasteiger partial charge in [0.2, 0.25) is 10.0 Å². The Morgan fingerprint density at radius 3 is 2.52 bits per heavy atom. The first-order valence-electron chi connectivity index (χ1n) is 8.82. The van der Waals surface area contributed by atoms with Crippen LogP contribution >= 0.6 is 11.3 Å². The second kappa shape index (κ2) is 8.04. The van der Waals surface area contributed by atoms with Gasteiger partial charge in [-0.1, -0.05) is 12.1 Å². The highest BCUT2D eigenvalue weighted by Gasteiger charge is 2.32. The first-order valence-corrected chi connectivity index (χ1v) is 11.5. The number of likely N-dealkylation sites (tertiary alicyclic amines) is 1. The second-order valence-corrected chi connectivity index (χ2v) is 9.82. The summed E-state index contributed by atoms with van der Waals surface area (Å²) < 4.78 is 63.3. The highest BCUT2D eigenvalue weighted by Crippen LogP contribution is 2.33. The minimum Gasteiger partial charge on any atom is -0.337 e. The van der Waals surface area contributed by atoms with Crippen molar-refractivity contribution in [3.63, 3.8) is 0 Å². The van der Waals surface area contributed by atoms with Crippen LogP contribution in [0.1, 0.15) is 28.9 Å². The number of hydrogen-bond donors (Lipinski definition) is 0. The summed E-state index contributed by atoms with van der Waals surface area (Å²) in [5.41, 5.74) is -0.287. The molecule has 1 aliphatic rings. The zero-order valence-electron chi connectivity index (χ0n) is 15.8. The molecule has 0 radical (unpaired) electrons. The van der Waals surface area contributed by atoms with Crippen LogP contribution in [-0.4, -0.2) is 60.9 Å². The summed E-state index contributed by atoms with van der Waals surface area (Å²) in [7, 11) is -1.77. The zero-order valence-corrected chi connectivity index (χ0v) is 17.4. The average Bonchev–Trinajstić information content (AvgIpc) is 3.16. The molecular weight excluding hydrogens is 427 g/mol. The Balaban J connectivity index is 1.69. The molecule has 11 heteroatoms. The predicted octanol–water partition coefficient (Wildman–Crippen LogP) is 3.32. The molecule has 1 aromatic heterocycles. The zero-order chi connectivity index (χ0) is 21.4. The van der Waals surface area contributed by atoms with Gasteiger partial charge in [0.25, 0.3) is 5.91 Å². The molecule has 0 unspecified atom stereocenters. The first kappa shape index (κ1) is 21.7. The fourth-order valence-electron chi connectivity index (χ4n) is 3.20. The van der Waals surface area contributed by atoms with Crippen LogP contribution in [0, 0.1) is 0 Å². The first-order chi connectivity index (χ1) is 13.5. The Hall–Kier alpha value is -1.98. The molecule has 0 aliphatic carbocycles. The van der Waals surface area contributed by atoms with Crippen LogP contribution in [0.4, 0.5) is 13.2 Å². The number of halogens is 3. The van der Waals surface area contributed by atoms with E-state index in [1.165, 1.54) is 28.9 Å². The number of nitrogens with zero attached hydrogens (tertiary/aromatic N) is 3. The van der Waals surface area contributed by atoms with Crippen molar-refractivity contribution < 1.29 is 26.4 Å². The number of amides is 1. The Morgan fingerprint density at radius 1 is 1.28 bits per heavy atom. The van der Waals surface area contributed by atoms with E-state index >= 15 is 0 Å². The van der Waals surface area contributed by atoms with Gasteiger partial charge in [-0.25, -0.2) is 17.7 Å². The van der Waals surface area contributed by atoms with Crippen LogP contribution in [-0.2, 0) is 16.2 Å². The van der Waals surface area contributed by atoms with Crippen molar-refractivity contribution in [1.29, 1.82) is 0 Å². The van der Waals surface area contributed by atoms with Crippen molar-refractivity contribution in [3.05, 3.63) is 40.9 Å². The van der Waals surface area contributed by atoms with Gasteiger partial charge in [0.05, 0.1) is 11.8 Å². The number of thiazole rings is 1. The molecule has 3 rings (SSSR count). The summed E-state index contributed by atoms with van der Waals surface area (Å²) in [5.74, 6) is -0.306. The lowest BCUT2D eigenvalue weighted by atomic mass is 10.1. The number of sulfonamides is 1. The number of carbonyl (C=O) groups excluding carboxylic acids is 1.